The number of thiophene rings is 1. The molecule has 10 heteroatoms. The zero-order chi connectivity index (χ0) is 23.6. The molecule has 4 rings (SSSR count). The van der Waals surface area contributed by atoms with Crippen molar-refractivity contribution in [3.8, 4) is 6.07 Å². The van der Waals surface area contributed by atoms with Gasteiger partial charge < -0.3 is 10.2 Å². The summed E-state index contributed by atoms with van der Waals surface area (Å²) in [6.45, 7) is 2.48. The summed E-state index contributed by atoms with van der Waals surface area (Å²) in [6, 6.07) is 16.2. The average Bonchev–Trinajstić information content (AvgIpc) is 3.15. The average molecular weight is 481 g/mol. The standard InChI is InChI=1S/C23H20N4O4S2/c1-15(28)27-12-11-19-20(13-24)23(32-21(19)14-27)25-22(29)16-7-9-17(10-8-16)26-33(30,31)18-5-3-2-4-6-18/h2-10,26H,11-12,14H2,1H3,(H,25,29). The highest BCUT2D eigenvalue weighted by Crippen LogP contribution is 2.37. The second-order valence-electron chi connectivity index (χ2n) is 7.46. The van der Waals surface area contributed by atoms with E-state index in [9.17, 15) is 23.3 Å². The first-order valence-electron chi connectivity index (χ1n) is 10.1. The van der Waals surface area contributed by atoms with E-state index in [1.807, 2.05) is 0 Å². The lowest BCUT2D eigenvalue weighted by Gasteiger charge is -2.25. The van der Waals surface area contributed by atoms with Gasteiger partial charge in [0.2, 0.25) is 5.91 Å². The number of nitrogens with zero attached hydrogens (tertiary/aromatic N) is 2. The lowest BCUT2D eigenvalue weighted by atomic mass is 10.0. The van der Waals surface area contributed by atoms with Gasteiger partial charge in [0.25, 0.3) is 15.9 Å². The maximum Gasteiger partial charge on any atom is 0.261 e. The molecule has 0 fully saturated rings. The van der Waals surface area contributed by atoms with Crippen LogP contribution < -0.4 is 10.0 Å². The number of nitrogens with one attached hydrogen (secondary N) is 2. The predicted molar refractivity (Wildman–Crippen MR) is 125 cm³/mol. The van der Waals surface area contributed by atoms with Crippen LogP contribution in [-0.2, 0) is 27.8 Å². The van der Waals surface area contributed by atoms with Crippen molar-refractivity contribution < 1.29 is 18.0 Å². The van der Waals surface area contributed by atoms with Crippen molar-refractivity contribution in [2.75, 3.05) is 16.6 Å². The third-order valence-electron chi connectivity index (χ3n) is 5.29. The first-order valence-corrected chi connectivity index (χ1v) is 12.4. The second-order valence-corrected chi connectivity index (χ2v) is 10.2. The molecule has 2 amide bonds. The van der Waals surface area contributed by atoms with E-state index < -0.39 is 15.9 Å². The number of sulfonamides is 1. The molecule has 3 aromatic rings. The van der Waals surface area contributed by atoms with Gasteiger partial charge in [0, 0.05) is 29.6 Å². The van der Waals surface area contributed by atoms with Crippen LogP contribution in [0.4, 0.5) is 10.7 Å². The van der Waals surface area contributed by atoms with E-state index in [-0.39, 0.29) is 10.8 Å². The minimum atomic E-state index is -3.73. The number of benzene rings is 2. The normalized spacial score (nSPS) is 13.0. The van der Waals surface area contributed by atoms with Crippen LogP contribution in [0, 0.1) is 11.3 Å². The fourth-order valence-corrected chi connectivity index (χ4v) is 5.85. The minimum absolute atomic E-state index is 0.0267. The number of carbonyl (C=O) groups excluding carboxylic acids is 2. The SMILES string of the molecule is CC(=O)N1CCc2c(sc(NC(=O)c3ccc(NS(=O)(=O)c4ccccc4)cc3)c2C#N)C1. The molecule has 2 N–H and O–H groups in total. The van der Waals surface area contributed by atoms with Crippen LogP contribution >= 0.6 is 11.3 Å². The van der Waals surface area contributed by atoms with Crippen LogP contribution in [0.15, 0.2) is 59.5 Å². The third kappa shape index (κ3) is 4.74. The molecular weight excluding hydrogens is 460 g/mol. The molecule has 0 radical (unpaired) electrons. The van der Waals surface area contributed by atoms with Crippen molar-refractivity contribution in [1.29, 1.82) is 5.26 Å². The summed E-state index contributed by atoms with van der Waals surface area (Å²) in [7, 11) is -3.73. The number of rotatable bonds is 5. The number of amides is 2. The Morgan fingerprint density at radius 2 is 1.79 bits per heavy atom. The number of hydrogen-bond acceptors (Lipinski definition) is 6. The van der Waals surface area contributed by atoms with Crippen LogP contribution in [0.25, 0.3) is 0 Å². The molecule has 1 aromatic heterocycles. The highest BCUT2D eigenvalue weighted by atomic mass is 32.2. The van der Waals surface area contributed by atoms with E-state index in [2.05, 4.69) is 16.1 Å². The minimum Gasteiger partial charge on any atom is -0.337 e. The van der Waals surface area contributed by atoms with Crippen molar-refractivity contribution in [2.45, 2.75) is 24.8 Å². The summed E-state index contributed by atoms with van der Waals surface area (Å²) in [5, 5.41) is 12.9. The van der Waals surface area contributed by atoms with E-state index in [0.29, 0.717) is 41.3 Å². The molecule has 168 valence electrons. The molecular formula is C23H20N4O4S2. The first kappa shape index (κ1) is 22.5. The molecule has 33 heavy (non-hydrogen) atoms. The van der Waals surface area contributed by atoms with Gasteiger partial charge in [0.1, 0.15) is 11.1 Å². The van der Waals surface area contributed by atoms with Crippen LogP contribution in [0.5, 0.6) is 0 Å². The van der Waals surface area contributed by atoms with Gasteiger partial charge in [-0.25, -0.2) is 8.42 Å². The maximum absolute atomic E-state index is 12.8. The first-order chi connectivity index (χ1) is 15.8. The zero-order valence-electron chi connectivity index (χ0n) is 17.7. The monoisotopic (exact) mass is 480 g/mol. The van der Waals surface area contributed by atoms with Crippen molar-refractivity contribution in [3.63, 3.8) is 0 Å². The van der Waals surface area contributed by atoms with Crippen molar-refractivity contribution in [3.05, 3.63) is 76.2 Å². The molecule has 0 atom stereocenters. The fourth-order valence-electron chi connectivity index (χ4n) is 3.56. The highest BCUT2D eigenvalue weighted by molar-refractivity contribution is 7.92. The van der Waals surface area contributed by atoms with E-state index in [0.717, 1.165) is 10.4 Å². The summed E-state index contributed by atoms with van der Waals surface area (Å²) in [5.74, 6) is -0.438. The van der Waals surface area contributed by atoms with Gasteiger partial charge in [-0.15, -0.1) is 11.3 Å². The van der Waals surface area contributed by atoms with Crippen LogP contribution in [0.1, 0.15) is 33.3 Å². The molecule has 1 aliphatic heterocycles. The molecule has 2 aromatic carbocycles. The number of anilines is 2. The number of carbonyl (C=O) groups is 2. The van der Waals surface area contributed by atoms with E-state index in [4.69, 9.17) is 0 Å². The Hall–Kier alpha value is -3.68. The van der Waals surface area contributed by atoms with Gasteiger partial charge in [-0.05, 0) is 48.4 Å². The van der Waals surface area contributed by atoms with Crippen LogP contribution in [0.3, 0.4) is 0 Å². The van der Waals surface area contributed by atoms with E-state index >= 15 is 0 Å². The predicted octanol–water partition coefficient (Wildman–Crippen LogP) is 3.58. The summed E-state index contributed by atoms with van der Waals surface area (Å²) in [5.41, 5.74) is 1.95. The molecule has 0 saturated carbocycles. The lowest BCUT2D eigenvalue weighted by molar-refractivity contribution is -0.129. The molecule has 8 nitrogen and oxygen atoms in total. The Bertz CT molecular complexity index is 1360. The zero-order valence-corrected chi connectivity index (χ0v) is 19.3. The van der Waals surface area contributed by atoms with Crippen molar-refractivity contribution >= 4 is 43.9 Å². The van der Waals surface area contributed by atoms with Gasteiger partial charge in [-0.1, -0.05) is 18.2 Å². The number of fused-ring (bicyclic) bond motifs is 1. The molecule has 0 bridgehead atoms. The molecule has 0 aliphatic carbocycles. The smallest absolute Gasteiger partial charge is 0.261 e. The van der Waals surface area contributed by atoms with Gasteiger partial charge in [0.05, 0.1) is 17.0 Å². The van der Waals surface area contributed by atoms with E-state index in [1.165, 1.54) is 54.7 Å². The van der Waals surface area contributed by atoms with Gasteiger partial charge in [0.15, 0.2) is 0 Å². The Morgan fingerprint density at radius 1 is 1.09 bits per heavy atom. The van der Waals surface area contributed by atoms with Gasteiger partial charge in [-0.3, -0.25) is 14.3 Å². The van der Waals surface area contributed by atoms with Gasteiger partial charge in [-0.2, -0.15) is 5.26 Å². The summed E-state index contributed by atoms with van der Waals surface area (Å²) < 4.78 is 27.4. The molecule has 0 unspecified atom stereocenters. The topological polar surface area (TPSA) is 119 Å². The summed E-state index contributed by atoms with van der Waals surface area (Å²) in [4.78, 5) is 27.2. The maximum atomic E-state index is 12.8. The fraction of sp³-hybridized carbons (Fsp3) is 0.174. The second kappa shape index (κ2) is 9.05. The molecule has 0 spiro atoms. The highest BCUT2D eigenvalue weighted by Gasteiger charge is 2.26. The van der Waals surface area contributed by atoms with Gasteiger partial charge >= 0.3 is 0 Å². The number of hydrogen-bond donors (Lipinski definition) is 2. The summed E-state index contributed by atoms with van der Waals surface area (Å²) >= 11 is 1.30. The van der Waals surface area contributed by atoms with Crippen LogP contribution in [0.2, 0.25) is 0 Å². The Balaban J connectivity index is 1.49. The largest absolute Gasteiger partial charge is 0.337 e. The third-order valence-corrected chi connectivity index (χ3v) is 7.82. The number of nitriles is 1. The van der Waals surface area contributed by atoms with Crippen LogP contribution in [-0.4, -0.2) is 31.7 Å². The Kier molecular flexibility index (Phi) is 6.18. The van der Waals surface area contributed by atoms with Crippen molar-refractivity contribution in [1.82, 2.24) is 4.90 Å². The quantitative estimate of drug-likeness (QED) is 0.579. The molecule has 1 aliphatic rings. The Labute approximate surface area is 195 Å². The molecule has 0 saturated heterocycles. The summed E-state index contributed by atoms with van der Waals surface area (Å²) in [6.07, 6.45) is 0.570. The lowest BCUT2D eigenvalue weighted by Crippen LogP contribution is -2.33. The Morgan fingerprint density at radius 3 is 2.42 bits per heavy atom. The molecule has 2 heterocycles. The van der Waals surface area contributed by atoms with Crippen molar-refractivity contribution in [2.24, 2.45) is 0 Å². The van der Waals surface area contributed by atoms with E-state index in [1.54, 1.807) is 23.1 Å².